The number of aliphatic hydroxyl groups is 3. The number of carbonyl (C=O) groups excluding carboxylic acids is 6. The molecule has 0 bridgehead atoms. The first-order chi connectivity index (χ1) is 25.6. The van der Waals surface area contributed by atoms with Crippen molar-refractivity contribution in [3.05, 3.63) is 35.9 Å². The van der Waals surface area contributed by atoms with Crippen LogP contribution in [0.5, 0.6) is 0 Å². The van der Waals surface area contributed by atoms with Gasteiger partial charge in [-0.3, -0.25) is 24.0 Å². The molecule has 15 heteroatoms. The maximum absolute atomic E-state index is 13.6. The van der Waals surface area contributed by atoms with Crippen molar-refractivity contribution in [2.45, 2.75) is 148 Å². The average molecular weight is 764 g/mol. The van der Waals surface area contributed by atoms with Gasteiger partial charge in [0.25, 0.3) is 0 Å². The number of aliphatic hydroxyl groups excluding tert-OH is 3. The van der Waals surface area contributed by atoms with E-state index in [4.69, 9.17) is 4.74 Å². The van der Waals surface area contributed by atoms with Gasteiger partial charge in [-0.25, -0.2) is 4.79 Å². The predicted molar refractivity (Wildman–Crippen MR) is 203 cm³/mol. The molecule has 1 aromatic carbocycles. The van der Waals surface area contributed by atoms with E-state index in [9.17, 15) is 44.1 Å². The molecule has 0 radical (unpaired) electrons. The molecule has 0 heterocycles. The van der Waals surface area contributed by atoms with Crippen LogP contribution < -0.4 is 26.6 Å². The molecule has 0 spiro atoms. The standard InChI is InChI=1S/C39H65N5O10/c1-8-10-11-12-16-19-28(47)22-32(48)40-29(20-24(3)4)35(49)42-31(23-45)37(51)44-34(26(6)46)38(52)41-30(21-27-17-14-13-15-18-27)36(50)43-33(25(5)9-2)39(53)54-7/h13-15,17-18,24-26,28-31,33-34,45-47H,8-12,16,19-23H2,1-7H3,(H,40,48)(H,41,52)(H,42,49)(H,43,50)(H,44,51)/t25-,26-,28-,29-,30-,31+,33+,34+/m1/s1. The van der Waals surface area contributed by atoms with E-state index < -0.39 is 84.5 Å². The zero-order valence-corrected chi connectivity index (χ0v) is 33.1. The lowest BCUT2D eigenvalue weighted by Crippen LogP contribution is -2.62. The molecule has 306 valence electrons. The van der Waals surface area contributed by atoms with Gasteiger partial charge in [-0.15, -0.1) is 0 Å². The van der Waals surface area contributed by atoms with Crippen molar-refractivity contribution in [3.63, 3.8) is 0 Å². The molecule has 0 aromatic heterocycles. The molecule has 0 unspecified atom stereocenters. The Morgan fingerprint density at radius 1 is 0.704 bits per heavy atom. The van der Waals surface area contributed by atoms with Gasteiger partial charge in [0, 0.05) is 6.42 Å². The van der Waals surface area contributed by atoms with Gasteiger partial charge in [0.05, 0.1) is 32.3 Å². The largest absolute Gasteiger partial charge is 0.467 e. The van der Waals surface area contributed by atoms with Crippen LogP contribution in [-0.2, 0) is 39.9 Å². The summed E-state index contributed by atoms with van der Waals surface area (Å²) >= 11 is 0. The number of esters is 1. The van der Waals surface area contributed by atoms with E-state index >= 15 is 0 Å². The molecule has 0 saturated carbocycles. The van der Waals surface area contributed by atoms with Crippen LogP contribution in [0.3, 0.4) is 0 Å². The van der Waals surface area contributed by atoms with E-state index in [0.717, 1.165) is 32.1 Å². The third-order valence-corrected chi connectivity index (χ3v) is 9.18. The Labute approximate surface area is 320 Å². The van der Waals surface area contributed by atoms with Crippen molar-refractivity contribution in [2.24, 2.45) is 11.8 Å². The molecule has 0 aliphatic carbocycles. The number of rotatable bonds is 26. The second-order valence-corrected chi connectivity index (χ2v) is 14.4. The molecule has 0 saturated heterocycles. The molecule has 0 aliphatic heterocycles. The second kappa shape index (κ2) is 25.9. The summed E-state index contributed by atoms with van der Waals surface area (Å²) in [4.78, 5) is 79.1. The Bertz CT molecular complexity index is 1310. The lowest BCUT2D eigenvalue weighted by Gasteiger charge is -2.28. The Kier molecular flexibility index (Phi) is 23.0. The summed E-state index contributed by atoms with van der Waals surface area (Å²) in [7, 11) is 1.20. The van der Waals surface area contributed by atoms with Crippen LogP contribution in [0.1, 0.15) is 105 Å². The number of hydrogen-bond acceptors (Lipinski definition) is 10. The summed E-state index contributed by atoms with van der Waals surface area (Å²) in [5.74, 6) is -4.95. The molecular weight excluding hydrogens is 698 g/mol. The van der Waals surface area contributed by atoms with E-state index in [1.807, 2.05) is 20.8 Å². The molecule has 15 nitrogen and oxygen atoms in total. The summed E-state index contributed by atoms with van der Waals surface area (Å²) in [6.07, 6.45) is 3.61. The van der Waals surface area contributed by atoms with E-state index in [0.29, 0.717) is 18.4 Å². The number of ether oxygens (including phenoxy) is 1. The van der Waals surface area contributed by atoms with Crippen LogP contribution in [-0.4, -0.2) is 107 Å². The maximum Gasteiger partial charge on any atom is 0.328 e. The van der Waals surface area contributed by atoms with Gasteiger partial charge < -0.3 is 46.6 Å². The van der Waals surface area contributed by atoms with Gasteiger partial charge in [0.2, 0.25) is 29.5 Å². The van der Waals surface area contributed by atoms with Crippen LogP contribution in [0, 0.1) is 11.8 Å². The summed E-state index contributed by atoms with van der Waals surface area (Å²) in [5.41, 5.74) is 0.678. The number of methoxy groups -OCH3 is 1. The Balaban J connectivity index is 3.09. The Hall–Kier alpha value is -4.08. The highest BCUT2D eigenvalue weighted by Crippen LogP contribution is 2.13. The number of amides is 5. The van der Waals surface area contributed by atoms with Gasteiger partial charge in [-0.05, 0) is 37.2 Å². The van der Waals surface area contributed by atoms with Gasteiger partial charge in [-0.1, -0.05) is 103 Å². The normalized spacial score (nSPS) is 15.7. The minimum absolute atomic E-state index is 0.00154. The number of hydrogen-bond donors (Lipinski definition) is 8. The van der Waals surface area contributed by atoms with Gasteiger partial charge >= 0.3 is 5.97 Å². The summed E-state index contributed by atoms with van der Waals surface area (Å²) in [6, 6.07) is 2.23. The van der Waals surface area contributed by atoms with Crippen molar-refractivity contribution in [1.29, 1.82) is 0 Å². The SMILES string of the molecule is CCCCCCC[C@@H](O)CC(=O)N[C@H](CC(C)C)C(=O)N[C@@H](CO)C(=O)N[C@H](C(=O)N[C@H](Cc1ccccc1)C(=O)N[C@H](C(=O)OC)[C@H](C)CC)[C@@H](C)O. The topological polar surface area (TPSA) is 232 Å². The minimum atomic E-state index is -1.63. The molecular formula is C39H65N5O10. The summed E-state index contributed by atoms with van der Waals surface area (Å²) in [6.45, 7) is 9.76. The molecule has 0 fully saturated rings. The minimum Gasteiger partial charge on any atom is -0.467 e. The van der Waals surface area contributed by atoms with E-state index in [2.05, 4.69) is 33.5 Å². The van der Waals surface area contributed by atoms with Crippen molar-refractivity contribution in [1.82, 2.24) is 26.6 Å². The number of benzene rings is 1. The zero-order chi connectivity index (χ0) is 40.8. The molecule has 1 aromatic rings. The third kappa shape index (κ3) is 17.8. The molecule has 8 N–H and O–H groups in total. The highest BCUT2D eigenvalue weighted by Gasteiger charge is 2.35. The molecule has 5 amide bonds. The zero-order valence-electron chi connectivity index (χ0n) is 33.1. The Morgan fingerprint density at radius 2 is 1.28 bits per heavy atom. The van der Waals surface area contributed by atoms with E-state index in [-0.39, 0.29) is 31.1 Å². The summed E-state index contributed by atoms with van der Waals surface area (Å²) < 4.78 is 4.88. The van der Waals surface area contributed by atoms with Crippen LogP contribution in [0.15, 0.2) is 30.3 Å². The highest BCUT2D eigenvalue weighted by molar-refractivity contribution is 5.96. The maximum atomic E-state index is 13.6. The van der Waals surface area contributed by atoms with Crippen molar-refractivity contribution in [2.75, 3.05) is 13.7 Å². The first-order valence-electron chi connectivity index (χ1n) is 19.2. The fourth-order valence-electron chi connectivity index (χ4n) is 5.75. The second-order valence-electron chi connectivity index (χ2n) is 14.4. The van der Waals surface area contributed by atoms with Crippen molar-refractivity contribution < 1.29 is 48.8 Å². The fourth-order valence-corrected chi connectivity index (χ4v) is 5.75. The molecule has 54 heavy (non-hydrogen) atoms. The summed E-state index contributed by atoms with van der Waals surface area (Å²) in [5, 5.41) is 43.6. The van der Waals surface area contributed by atoms with Gasteiger partial charge in [-0.2, -0.15) is 0 Å². The van der Waals surface area contributed by atoms with Gasteiger partial charge in [0.15, 0.2) is 0 Å². The van der Waals surface area contributed by atoms with Crippen LogP contribution in [0.4, 0.5) is 0 Å². The average Bonchev–Trinajstić information content (AvgIpc) is 3.13. The predicted octanol–water partition coefficient (Wildman–Crippen LogP) is 1.40. The monoisotopic (exact) mass is 763 g/mol. The lowest BCUT2D eigenvalue weighted by molar-refractivity contribution is -0.147. The first kappa shape index (κ1) is 47.9. The fraction of sp³-hybridized carbons (Fsp3) is 0.692. The smallest absolute Gasteiger partial charge is 0.328 e. The quantitative estimate of drug-likeness (QED) is 0.0499. The highest BCUT2D eigenvalue weighted by atomic mass is 16.5. The number of carbonyl (C=O) groups is 6. The van der Waals surface area contributed by atoms with Crippen LogP contribution >= 0.6 is 0 Å². The first-order valence-corrected chi connectivity index (χ1v) is 19.2. The third-order valence-electron chi connectivity index (χ3n) is 9.18. The lowest BCUT2D eigenvalue weighted by atomic mass is 9.98. The van der Waals surface area contributed by atoms with Crippen LogP contribution in [0.2, 0.25) is 0 Å². The number of unbranched alkanes of at least 4 members (excludes halogenated alkanes) is 4. The number of nitrogens with one attached hydrogen (secondary N) is 5. The molecule has 1 rings (SSSR count). The molecule has 8 atom stereocenters. The van der Waals surface area contributed by atoms with Crippen LogP contribution in [0.25, 0.3) is 0 Å². The van der Waals surface area contributed by atoms with Crippen molar-refractivity contribution >= 4 is 35.5 Å². The Morgan fingerprint density at radius 3 is 1.83 bits per heavy atom. The van der Waals surface area contributed by atoms with E-state index in [1.54, 1.807) is 37.3 Å². The molecule has 0 aliphatic rings. The van der Waals surface area contributed by atoms with Gasteiger partial charge in [0.1, 0.15) is 30.2 Å². The van der Waals surface area contributed by atoms with E-state index in [1.165, 1.54) is 14.0 Å². The van der Waals surface area contributed by atoms with Crippen molar-refractivity contribution in [3.8, 4) is 0 Å².